The minimum Gasteiger partial charge on any atom is -0.401 e. The first-order chi connectivity index (χ1) is 22.0. The molecule has 0 saturated carbocycles. The normalized spacial score (nSPS) is 20.5. The van der Waals surface area contributed by atoms with E-state index in [1.165, 1.54) is 48.1 Å². The van der Waals surface area contributed by atoms with Gasteiger partial charge in [-0.15, -0.1) is 0 Å². The first-order valence-corrected chi connectivity index (χ1v) is 16.9. The van der Waals surface area contributed by atoms with Gasteiger partial charge in [-0.1, -0.05) is 30.3 Å². The highest BCUT2D eigenvalue weighted by molar-refractivity contribution is 6.07. The van der Waals surface area contributed by atoms with E-state index >= 15 is 0 Å². The van der Waals surface area contributed by atoms with Crippen molar-refractivity contribution in [2.45, 2.75) is 44.7 Å². The number of fused-ring (bicyclic) bond motifs is 3. The van der Waals surface area contributed by atoms with Crippen molar-refractivity contribution in [2.24, 2.45) is 11.7 Å². The topological polar surface area (TPSA) is 110 Å². The predicted octanol–water partition coefficient (Wildman–Crippen LogP) is 5.45. The summed E-state index contributed by atoms with van der Waals surface area (Å²) in [5.41, 5.74) is 15.1. The Morgan fingerprint density at radius 1 is 0.913 bits per heavy atom. The molecular weight excluding hydrogens is 572 g/mol. The number of nitrogens with one attached hydrogen (secondary N) is 1. The third-order valence-electron chi connectivity index (χ3n) is 10.6. The van der Waals surface area contributed by atoms with Gasteiger partial charge in [0.1, 0.15) is 0 Å². The van der Waals surface area contributed by atoms with Gasteiger partial charge >= 0.3 is 0 Å². The number of aromatic nitrogens is 2. The minimum absolute atomic E-state index is 0. The lowest BCUT2D eigenvalue weighted by molar-refractivity contribution is 0.0553. The molecule has 46 heavy (non-hydrogen) atoms. The molecule has 1 atom stereocenters. The first kappa shape index (κ1) is 32.3. The first-order valence-electron chi connectivity index (χ1n) is 16.9. The molecule has 0 amide bonds. The molecule has 3 saturated heterocycles. The van der Waals surface area contributed by atoms with E-state index in [0.29, 0.717) is 5.92 Å². The molecule has 246 valence electrons. The number of ether oxygens (including phenoxy) is 1. The van der Waals surface area contributed by atoms with E-state index < -0.39 is 0 Å². The Hall–Kier alpha value is -3.63. The van der Waals surface area contributed by atoms with Crippen LogP contribution in [0.2, 0.25) is 0 Å². The lowest BCUT2D eigenvalue weighted by Gasteiger charge is -2.43. The Balaban J connectivity index is 0.00000372. The third-order valence-corrected chi connectivity index (χ3v) is 10.6. The lowest BCUT2D eigenvalue weighted by Crippen LogP contribution is -2.53. The molecule has 6 N–H and O–H groups in total. The zero-order valence-electron chi connectivity index (χ0n) is 27.9. The van der Waals surface area contributed by atoms with Crippen molar-refractivity contribution in [2.75, 3.05) is 71.5 Å². The van der Waals surface area contributed by atoms with Gasteiger partial charge < -0.3 is 36.3 Å². The fraction of sp³-hybridized carbons (Fsp3) is 0.486. The molecule has 9 heteroatoms. The Kier molecular flexibility index (Phi) is 9.84. The van der Waals surface area contributed by atoms with Gasteiger partial charge in [0.25, 0.3) is 0 Å². The maximum atomic E-state index is 6.33. The van der Waals surface area contributed by atoms with Gasteiger partial charge in [-0.05, 0) is 88.5 Å². The van der Waals surface area contributed by atoms with Crippen molar-refractivity contribution in [1.29, 1.82) is 0 Å². The molecule has 0 unspecified atom stereocenters. The summed E-state index contributed by atoms with van der Waals surface area (Å²) in [6, 6.07) is 21.3. The van der Waals surface area contributed by atoms with Crippen LogP contribution in [0.5, 0.6) is 0 Å². The zero-order chi connectivity index (χ0) is 30.9. The van der Waals surface area contributed by atoms with Crippen LogP contribution in [0.15, 0.2) is 66.5 Å². The van der Waals surface area contributed by atoms with E-state index in [-0.39, 0.29) is 12.2 Å². The van der Waals surface area contributed by atoms with Crippen LogP contribution in [0, 0.1) is 5.92 Å². The molecule has 3 fully saturated rings. The van der Waals surface area contributed by atoms with Crippen LogP contribution in [0.25, 0.3) is 27.6 Å². The average Bonchev–Trinajstić information content (AvgIpc) is 3.39. The molecule has 0 aliphatic carbocycles. The van der Waals surface area contributed by atoms with Crippen LogP contribution >= 0.6 is 0 Å². The van der Waals surface area contributed by atoms with Gasteiger partial charge in [-0.25, -0.2) is 0 Å². The Bertz CT molecular complexity index is 1640. The second kappa shape index (κ2) is 14.0. The molecular formula is C37H52N8O. The highest BCUT2D eigenvalue weighted by atomic mass is 16.5. The minimum atomic E-state index is 0. The van der Waals surface area contributed by atoms with Crippen LogP contribution in [-0.2, 0) is 4.74 Å². The summed E-state index contributed by atoms with van der Waals surface area (Å²) in [5.74, 6) is 0.459. The van der Waals surface area contributed by atoms with E-state index in [1.54, 1.807) is 0 Å². The second-order valence-corrected chi connectivity index (χ2v) is 13.3. The SMILES string of the molecule is CN/C(=C(/C)N)c1cnc2c3ccc(N4CCN(C5CCN(C)CC5)CC4)cc3n([C@H](c3ccccc3)C3CCOCC3)c2c1.N. The lowest BCUT2D eigenvalue weighted by atomic mass is 9.86. The summed E-state index contributed by atoms with van der Waals surface area (Å²) in [6.07, 6.45) is 6.63. The zero-order valence-corrected chi connectivity index (χ0v) is 27.9. The van der Waals surface area contributed by atoms with Gasteiger partial charge in [0, 0.05) is 81.0 Å². The van der Waals surface area contributed by atoms with E-state index in [1.807, 2.05) is 20.2 Å². The quantitative estimate of drug-likeness (QED) is 0.249. The van der Waals surface area contributed by atoms with E-state index in [4.69, 9.17) is 15.5 Å². The van der Waals surface area contributed by atoms with Crippen molar-refractivity contribution < 1.29 is 4.74 Å². The smallest absolute Gasteiger partial charge is 0.0960 e. The van der Waals surface area contributed by atoms with Crippen molar-refractivity contribution in [1.82, 2.24) is 30.8 Å². The maximum absolute atomic E-state index is 6.33. The van der Waals surface area contributed by atoms with Gasteiger partial charge in [0.2, 0.25) is 0 Å². The van der Waals surface area contributed by atoms with Crippen molar-refractivity contribution in [3.63, 3.8) is 0 Å². The van der Waals surface area contributed by atoms with Gasteiger partial charge in [-0.3, -0.25) is 9.88 Å². The second-order valence-electron chi connectivity index (χ2n) is 13.3. The summed E-state index contributed by atoms with van der Waals surface area (Å²) in [4.78, 5) is 12.9. The largest absolute Gasteiger partial charge is 0.401 e. The fourth-order valence-corrected chi connectivity index (χ4v) is 8.12. The Morgan fingerprint density at radius 2 is 1.63 bits per heavy atom. The molecule has 3 aliphatic heterocycles. The standard InChI is InChI=1S/C37H49N7O.H3N/c1-26(38)35(39-2)29-23-34-36(40-25-29)32-10-9-31(43-19-17-42(18-20-43)30-11-15-41(3)16-12-30)24-33(32)44(34)37(27-7-5-4-6-8-27)28-13-21-45-22-14-28;/h4-10,23-25,28,30,37,39H,11-22,38H2,1-3H3;1H3/b35-26-;/t37-;/m1./s1. The van der Waals surface area contributed by atoms with Gasteiger partial charge in [0.15, 0.2) is 0 Å². The number of piperazine rings is 1. The molecule has 4 aromatic rings. The molecule has 2 aromatic heterocycles. The highest BCUT2D eigenvalue weighted by Gasteiger charge is 2.31. The molecule has 9 nitrogen and oxygen atoms in total. The summed E-state index contributed by atoms with van der Waals surface area (Å²) >= 11 is 0. The molecule has 0 bridgehead atoms. The number of benzene rings is 2. The number of anilines is 1. The van der Waals surface area contributed by atoms with Crippen LogP contribution in [0.3, 0.4) is 0 Å². The molecule has 0 radical (unpaired) electrons. The number of hydrogen-bond acceptors (Lipinski definition) is 8. The summed E-state index contributed by atoms with van der Waals surface area (Å²) < 4.78 is 8.46. The summed E-state index contributed by atoms with van der Waals surface area (Å²) in [7, 11) is 4.18. The molecule has 3 aliphatic rings. The Labute approximate surface area is 274 Å². The van der Waals surface area contributed by atoms with E-state index in [0.717, 1.165) is 86.3 Å². The number of hydrogen-bond donors (Lipinski definition) is 3. The number of pyridine rings is 1. The molecule has 5 heterocycles. The number of piperidine rings is 1. The van der Waals surface area contributed by atoms with Crippen LogP contribution in [0.1, 0.15) is 49.8 Å². The Morgan fingerprint density at radius 3 is 2.30 bits per heavy atom. The predicted molar refractivity (Wildman–Crippen MR) is 191 cm³/mol. The number of allylic oxidation sites excluding steroid dienone is 1. The monoisotopic (exact) mass is 624 g/mol. The molecule has 2 aromatic carbocycles. The van der Waals surface area contributed by atoms with Crippen molar-refractivity contribution in [3.8, 4) is 0 Å². The van der Waals surface area contributed by atoms with Crippen LogP contribution in [0.4, 0.5) is 5.69 Å². The van der Waals surface area contributed by atoms with E-state index in [2.05, 4.69) is 86.2 Å². The number of nitrogens with two attached hydrogens (primary N) is 1. The van der Waals surface area contributed by atoms with Crippen molar-refractivity contribution >= 4 is 33.3 Å². The molecule has 0 spiro atoms. The summed E-state index contributed by atoms with van der Waals surface area (Å²) in [6.45, 7) is 10.4. The van der Waals surface area contributed by atoms with Gasteiger partial charge in [0.05, 0.1) is 28.3 Å². The summed E-state index contributed by atoms with van der Waals surface area (Å²) in [5, 5.41) is 4.52. The number of rotatable bonds is 7. The fourth-order valence-electron chi connectivity index (χ4n) is 8.12. The average molecular weight is 625 g/mol. The van der Waals surface area contributed by atoms with Crippen LogP contribution < -0.4 is 22.1 Å². The van der Waals surface area contributed by atoms with E-state index in [9.17, 15) is 0 Å². The highest BCUT2D eigenvalue weighted by Crippen LogP contribution is 2.41. The number of likely N-dealkylation sites (tertiary alicyclic amines) is 1. The maximum Gasteiger partial charge on any atom is 0.0960 e. The van der Waals surface area contributed by atoms with Crippen LogP contribution in [-0.4, -0.2) is 92.0 Å². The van der Waals surface area contributed by atoms with Crippen molar-refractivity contribution in [3.05, 3.63) is 77.6 Å². The third kappa shape index (κ3) is 6.21. The van der Waals surface area contributed by atoms with Gasteiger partial charge in [-0.2, -0.15) is 0 Å². The molecule has 7 rings (SSSR count). The number of nitrogens with zero attached hydrogens (tertiary/aromatic N) is 5.